The van der Waals surface area contributed by atoms with Gasteiger partial charge in [0.05, 0.1) is 5.25 Å². The van der Waals surface area contributed by atoms with Crippen LogP contribution in [0.5, 0.6) is 0 Å². The van der Waals surface area contributed by atoms with E-state index in [1.165, 1.54) is 0 Å². The van der Waals surface area contributed by atoms with Gasteiger partial charge in [0.2, 0.25) is 5.91 Å². The van der Waals surface area contributed by atoms with Crippen molar-refractivity contribution < 1.29 is 4.79 Å². The van der Waals surface area contributed by atoms with Crippen molar-refractivity contribution in [1.82, 2.24) is 4.90 Å². The quantitative estimate of drug-likeness (QED) is 0.783. The van der Waals surface area contributed by atoms with Crippen molar-refractivity contribution >= 4 is 18.5 Å². The van der Waals surface area contributed by atoms with E-state index in [4.69, 9.17) is 0 Å². The lowest BCUT2D eigenvalue weighted by molar-refractivity contribution is -0.132. The first kappa shape index (κ1) is 15.1. The van der Waals surface area contributed by atoms with Crippen molar-refractivity contribution in [1.29, 1.82) is 0 Å². The molecule has 1 unspecified atom stereocenters. The number of amides is 1. The number of carbonyl (C=O) groups excluding carboxylic acids is 1. The van der Waals surface area contributed by atoms with E-state index in [2.05, 4.69) is 33.4 Å². The summed E-state index contributed by atoms with van der Waals surface area (Å²) in [5.74, 6) is 0.138. The van der Waals surface area contributed by atoms with Gasteiger partial charge in [0, 0.05) is 12.6 Å². The largest absolute Gasteiger partial charge is 0.339 e. The molecule has 0 spiro atoms. The summed E-state index contributed by atoms with van der Waals surface area (Å²) >= 11 is 4.47. The van der Waals surface area contributed by atoms with Crippen LogP contribution in [0.3, 0.4) is 0 Å². The van der Waals surface area contributed by atoms with E-state index in [1.54, 1.807) is 0 Å². The van der Waals surface area contributed by atoms with Crippen LogP contribution in [-0.4, -0.2) is 28.6 Å². The van der Waals surface area contributed by atoms with Crippen molar-refractivity contribution in [2.75, 3.05) is 6.54 Å². The summed E-state index contributed by atoms with van der Waals surface area (Å²) < 4.78 is 0. The Morgan fingerprint density at radius 1 is 1.28 bits per heavy atom. The zero-order chi connectivity index (χ0) is 13.5. The molecule has 0 saturated carbocycles. The van der Waals surface area contributed by atoms with Gasteiger partial charge in [-0.05, 0) is 32.3 Å². The molecule has 100 valence electrons. The van der Waals surface area contributed by atoms with Crippen molar-refractivity contribution in [2.24, 2.45) is 0 Å². The smallest absolute Gasteiger partial charge is 0.235 e. The SMILES string of the molecule is CCCN(C(=O)C(S)Cc1ccccc1)C(C)C. The van der Waals surface area contributed by atoms with Crippen LogP contribution in [-0.2, 0) is 11.2 Å². The normalized spacial score (nSPS) is 12.5. The molecule has 0 radical (unpaired) electrons. The summed E-state index contributed by atoms with van der Waals surface area (Å²) in [7, 11) is 0. The summed E-state index contributed by atoms with van der Waals surface area (Å²) in [5.41, 5.74) is 1.16. The Kier molecular flexibility index (Phi) is 6.27. The number of rotatable bonds is 6. The van der Waals surface area contributed by atoms with Gasteiger partial charge >= 0.3 is 0 Å². The van der Waals surface area contributed by atoms with Crippen molar-refractivity contribution in [3.8, 4) is 0 Å². The molecular weight excluding hydrogens is 242 g/mol. The Balaban J connectivity index is 2.65. The minimum Gasteiger partial charge on any atom is -0.339 e. The molecule has 1 atom stereocenters. The zero-order valence-electron chi connectivity index (χ0n) is 11.5. The van der Waals surface area contributed by atoms with Crippen LogP contribution in [0, 0.1) is 0 Å². The molecule has 0 bridgehead atoms. The Hall–Kier alpha value is -0.960. The van der Waals surface area contributed by atoms with Crippen LogP contribution in [0.1, 0.15) is 32.8 Å². The molecule has 1 aromatic carbocycles. The maximum Gasteiger partial charge on any atom is 0.235 e. The molecule has 0 heterocycles. The first-order valence-electron chi connectivity index (χ1n) is 6.58. The van der Waals surface area contributed by atoms with Crippen LogP contribution in [0.2, 0.25) is 0 Å². The molecule has 1 amide bonds. The van der Waals surface area contributed by atoms with Gasteiger partial charge in [-0.15, -0.1) is 0 Å². The van der Waals surface area contributed by atoms with Crippen LogP contribution < -0.4 is 0 Å². The highest BCUT2D eigenvalue weighted by Gasteiger charge is 2.22. The van der Waals surface area contributed by atoms with Gasteiger partial charge in [0.15, 0.2) is 0 Å². The van der Waals surface area contributed by atoms with Crippen LogP contribution in [0.25, 0.3) is 0 Å². The lowest BCUT2D eigenvalue weighted by atomic mass is 10.1. The van der Waals surface area contributed by atoms with E-state index in [0.717, 1.165) is 18.5 Å². The predicted octanol–water partition coefficient (Wildman–Crippen LogP) is 3.17. The highest BCUT2D eigenvalue weighted by atomic mass is 32.1. The second-order valence-corrected chi connectivity index (χ2v) is 5.45. The number of thiol groups is 1. The van der Waals surface area contributed by atoms with Gasteiger partial charge in [-0.1, -0.05) is 37.3 Å². The highest BCUT2D eigenvalue weighted by Crippen LogP contribution is 2.13. The monoisotopic (exact) mass is 265 g/mol. The maximum absolute atomic E-state index is 12.3. The average Bonchev–Trinajstić information content (AvgIpc) is 2.36. The molecule has 0 aliphatic rings. The fourth-order valence-electron chi connectivity index (χ4n) is 1.98. The highest BCUT2D eigenvalue weighted by molar-refractivity contribution is 7.81. The van der Waals surface area contributed by atoms with Gasteiger partial charge in [-0.2, -0.15) is 12.6 Å². The number of carbonyl (C=O) groups is 1. The molecule has 0 aliphatic heterocycles. The second kappa shape index (κ2) is 7.47. The van der Waals surface area contributed by atoms with Gasteiger partial charge in [-0.3, -0.25) is 4.79 Å². The molecule has 1 aromatic rings. The molecular formula is C15H23NOS. The van der Waals surface area contributed by atoms with Crippen LogP contribution in [0.15, 0.2) is 30.3 Å². The van der Waals surface area contributed by atoms with Crippen LogP contribution in [0.4, 0.5) is 0 Å². The summed E-state index contributed by atoms with van der Waals surface area (Å²) in [6.07, 6.45) is 1.67. The third-order valence-corrected chi connectivity index (χ3v) is 3.33. The fraction of sp³-hybridized carbons (Fsp3) is 0.533. The number of benzene rings is 1. The number of hydrogen-bond donors (Lipinski definition) is 1. The number of nitrogens with zero attached hydrogens (tertiary/aromatic N) is 1. The minimum atomic E-state index is -0.249. The van der Waals surface area contributed by atoms with Gasteiger partial charge in [-0.25, -0.2) is 0 Å². The van der Waals surface area contributed by atoms with E-state index < -0.39 is 0 Å². The topological polar surface area (TPSA) is 20.3 Å². The van der Waals surface area contributed by atoms with E-state index in [0.29, 0.717) is 6.42 Å². The molecule has 3 heteroatoms. The van der Waals surface area contributed by atoms with Crippen LogP contribution >= 0.6 is 12.6 Å². The third-order valence-electron chi connectivity index (χ3n) is 2.93. The Labute approximate surface area is 116 Å². The molecule has 0 fully saturated rings. The predicted molar refractivity (Wildman–Crippen MR) is 80.1 cm³/mol. The van der Waals surface area contributed by atoms with Gasteiger partial charge in [0.25, 0.3) is 0 Å². The molecule has 2 nitrogen and oxygen atoms in total. The molecule has 0 saturated heterocycles. The van der Waals surface area contributed by atoms with Gasteiger partial charge in [0.1, 0.15) is 0 Å². The summed E-state index contributed by atoms with van der Waals surface area (Å²) in [5, 5.41) is -0.249. The van der Waals surface area contributed by atoms with E-state index in [-0.39, 0.29) is 17.2 Å². The van der Waals surface area contributed by atoms with Crippen molar-refractivity contribution in [3.05, 3.63) is 35.9 Å². The van der Waals surface area contributed by atoms with Crippen molar-refractivity contribution in [3.63, 3.8) is 0 Å². The van der Waals surface area contributed by atoms with E-state index in [1.807, 2.05) is 35.2 Å². The lowest BCUT2D eigenvalue weighted by Crippen LogP contribution is -2.42. The molecule has 0 N–H and O–H groups in total. The lowest BCUT2D eigenvalue weighted by Gasteiger charge is -2.28. The standard InChI is InChI=1S/C15H23NOS/c1-4-10-16(12(2)3)15(17)14(18)11-13-8-6-5-7-9-13/h5-9,12,14,18H,4,10-11H2,1-3H3. The average molecular weight is 265 g/mol. The van der Waals surface area contributed by atoms with E-state index >= 15 is 0 Å². The minimum absolute atomic E-state index is 0.138. The molecule has 0 aliphatic carbocycles. The molecule has 1 rings (SSSR count). The second-order valence-electron chi connectivity index (χ2n) is 4.83. The molecule has 0 aromatic heterocycles. The van der Waals surface area contributed by atoms with Crippen molar-refractivity contribution in [2.45, 2.75) is 44.9 Å². The maximum atomic E-state index is 12.3. The van der Waals surface area contributed by atoms with Gasteiger partial charge < -0.3 is 4.90 Å². The molecule has 18 heavy (non-hydrogen) atoms. The summed E-state index contributed by atoms with van der Waals surface area (Å²) in [6, 6.07) is 10.3. The van der Waals surface area contributed by atoms with E-state index in [9.17, 15) is 4.79 Å². The zero-order valence-corrected chi connectivity index (χ0v) is 12.4. The third kappa shape index (κ3) is 4.37. The Morgan fingerprint density at radius 2 is 1.89 bits per heavy atom. The number of hydrogen-bond acceptors (Lipinski definition) is 2. The fourth-order valence-corrected chi connectivity index (χ4v) is 2.34. The Bertz CT molecular complexity index is 364. The first-order chi connectivity index (χ1) is 8.56. The Morgan fingerprint density at radius 3 is 2.39 bits per heavy atom. The summed E-state index contributed by atoms with van der Waals surface area (Å²) in [6.45, 7) is 7.00. The summed E-state index contributed by atoms with van der Waals surface area (Å²) in [4.78, 5) is 14.2. The first-order valence-corrected chi connectivity index (χ1v) is 7.10.